The van der Waals surface area contributed by atoms with Gasteiger partial charge in [-0.15, -0.1) is 0 Å². The molecule has 1 aromatic carbocycles. The molecular formula is C16H21F3N2. The normalized spacial score (nSPS) is 20.0. The highest BCUT2D eigenvalue weighted by molar-refractivity contribution is 5.28. The van der Waals surface area contributed by atoms with Crippen molar-refractivity contribution in [2.75, 3.05) is 6.54 Å². The van der Waals surface area contributed by atoms with Crippen LogP contribution in [0, 0.1) is 5.92 Å². The van der Waals surface area contributed by atoms with Gasteiger partial charge in [-0.25, -0.2) is 0 Å². The van der Waals surface area contributed by atoms with Gasteiger partial charge in [0.15, 0.2) is 0 Å². The average Bonchev–Trinajstić information content (AvgIpc) is 2.85. The minimum Gasteiger partial charge on any atom is -0.386 e. The molecule has 1 aromatic rings. The molecule has 5 heteroatoms. The van der Waals surface area contributed by atoms with Gasteiger partial charge in [0.25, 0.3) is 0 Å². The molecule has 21 heavy (non-hydrogen) atoms. The molecule has 2 nitrogen and oxygen atoms in total. The lowest BCUT2D eigenvalue weighted by molar-refractivity contribution is -0.137. The Bertz CT molecular complexity index is 508. The van der Waals surface area contributed by atoms with Crippen molar-refractivity contribution < 1.29 is 13.2 Å². The van der Waals surface area contributed by atoms with E-state index in [2.05, 4.69) is 5.32 Å². The Morgan fingerprint density at radius 1 is 1.38 bits per heavy atom. The van der Waals surface area contributed by atoms with Crippen molar-refractivity contribution in [3.63, 3.8) is 0 Å². The highest BCUT2D eigenvalue weighted by Gasteiger charge is 2.30. The smallest absolute Gasteiger partial charge is 0.386 e. The zero-order valence-corrected chi connectivity index (χ0v) is 12.1. The number of benzene rings is 1. The van der Waals surface area contributed by atoms with Gasteiger partial charge >= 0.3 is 6.18 Å². The molecular weight excluding hydrogens is 277 g/mol. The lowest BCUT2D eigenvalue weighted by Gasteiger charge is -2.18. The Morgan fingerprint density at radius 3 is 2.71 bits per heavy atom. The summed E-state index contributed by atoms with van der Waals surface area (Å²) in [7, 11) is 0. The second-order valence-electron chi connectivity index (χ2n) is 5.57. The number of alkyl halides is 3. The van der Waals surface area contributed by atoms with Gasteiger partial charge in [-0.05, 0) is 48.8 Å². The molecule has 1 heterocycles. The average molecular weight is 298 g/mol. The summed E-state index contributed by atoms with van der Waals surface area (Å²) in [5.74, 6) is 1.24. The van der Waals surface area contributed by atoms with E-state index in [9.17, 15) is 13.2 Å². The Labute approximate surface area is 123 Å². The molecule has 0 fully saturated rings. The third-order valence-electron chi connectivity index (χ3n) is 4.05. The van der Waals surface area contributed by atoms with E-state index in [4.69, 9.17) is 5.73 Å². The largest absolute Gasteiger partial charge is 0.416 e. The Balaban J connectivity index is 2.03. The summed E-state index contributed by atoms with van der Waals surface area (Å²) in [5, 5.41) is 3.07. The molecule has 0 radical (unpaired) electrons. The third-order valence-corrected chi connectivity index (χ3v) is 4.05. The van der Waals surface area contributed by atoms with Crippen LogP contribution in [0.15, 0.2) is 36.2 Å². The first-order chi connectivity index (χ1) is 9.90. The standard InChI is InChI=1S/C16H21F3N2/c1-2-12(7-6-11-8-15(20)21-10-11)13-4-3-5-14(9-13)16(17,18)19/h3-5,8-9,11-12,21H,2,6-7,10,20H2,1H3/t11-,12?/m0/s1. The molecule has 2 atom stereocenters. The summed E-state index contributed by atoms with van der Waals surface area (Å²) in [6.07, 6.45) is 0.358. The lowest BCUT2D eigenvalue weighted by Crippen LogP contribution is -2.16. The number of nitrogens with two attached hydrogens (primary N) is 1. The van der Waals surface area contributed by atoms with Crippen molar-refractivity contribution in [3.05, 3.63) is 47.3 Å². The van der Waals surface area contributed by atoms with Gasteiger partial charge in [0.05, 0.1) is 11.4 Å². The highest BCUT2D eigenvalue weighted by atomic mass is 19.4. The molecule has 0 bridgehead atoms. The van der Waals surface area contributed by atoms with Crippen LogP contribution in [0.2, 0.25) is 0 Å². The maximum atomic E-state index is 12.8. The maximum Gasteiger partial charge on any atom is 0.416 e. The quantitative estimate of drug-likeness (QED) is 0.862. The molecule has 0 saturated heterocycles. The number of halogens is 3. The first-order valence-electron chi connectivity index (χ1n) is 7.28. The summed E-state index contributed by atoms with van der Waals surface area (Å²) < 4.78 is 38.3. The fourth-order valence-electron chi connectivity index (χ4n) is 2.80. The van der Waals surface area contributed by atoms with E-state index in [0.29, 0.717) is 11.7 Å². The van der Waals surface area contributed by atoms with E-state index >= 15 is 0 Å². The fraction of sp³-hybridized carbons (Fsp3) is 0.500. The van der Waals surface area contributed by atoms with Crippen LogP contribution in [0.3, 0.4) is 0 Å². The second kappa shape index (κ2) is 6.41. The van der Waals surface area contributed by atoms with Crippen molar-refractivity contribution in [3.8, 4) is 0 Å². The van der Waals surface area contributed by atoms with Crippen molar-refractivity contribution in [2.24, 2.45) is 11.7 Å². The Morgan fingerprint density at radius 2 is 2.14 bits per heavy atom. The van der Waals surface area contributed by atoms with Crippen LogP contribution < -0.4 is 11.1 Å². The monoisotopic (exact) mass is 298 g/mol. The van der Waals surface area contributed by atoms with E-state index in [1.165, 1.54) is 12.1 Å². The molecule has 1 aliphatic heterocycles. The molecule has 0 saturated carbocycles. The topological polar surface area (TPSA) is 38.0 Å². The Kier molecular flexibility index (Phi) is 4.80. The van der Waals surface area contributed by atoms with Gasteiger partial charge in [0.2, 0.25) is 0 Å². The predicted octanol–water partition coefficient (Wildman–Crippen LogP) is 4.00. The van der Waals surface area contributed by atoms with Crippen molar-refractivity contribution in [1.82, 2.24) is 5.32 Å². The Hall–Kier alpha value is -1.65. The van der Waals surface area contributed by atoms with E-state index in [0.717, 1.165) is 37.4 Å². The summed E-state index contributed by atoms with van der Waals surface area (Å²) in [5.41, 5.74) is 5.88. The van der Waals surface area contributed by atoms with Crippen LogP contribution in [0.25, 0.3) is 0 Å². The third kappa shape index (κ3) is 4.16. The van der Waals surface area contributed by atoms with Crippen molar-refractivity contribution in [1.29, 1.82) is 0 Å². The maximum absolute atomic E-state index is 12.8. The minimum atomic E-state index is -4.28. The zero-order chi connectivity index (χ0) is 15.5. The fourth-order valence-corrected chi connectivity index (χ4v) is 2.80. The van der Waals surface area contributed by atoms with Gasteiger partial charge in [-0.2, -0.15) is 13.2 Å². The van der Waals surface area contributed by atoms with Crippen LogP contribution in [0.5, 0.6) is 0 Å². The van der Waals surface area contributed by atoms with E-state index < -0.39 is 11.7 Å². The van der Waals surface area contributed by atoms with Crippen LogP contribution in [0.1, 0.15) is 43.2 Å². The van der Waals surface area contributed by atoms with Crippen LogP contribution in [-0.4, -0.2) is 6.54 Å². The molecule has 3 N–H and O–H groups in total. The number of rotatable bonds is 5. The van der Waals surface area contributed by atoms with E-state index in [1.807, 2.05) is 13.0 Å². The van der Waals surface area contributed by atoms with Gasteiger partial charge < -0.3 is 11.1 Å². The zero-order valence-electron chi connectivity index (χ0n) is 12.1. The molecule has 0 aromatic heterocycles. The van der Waals surface area contributed by atoms with Crippen LogP contribution in [0.4, 0.5) is 13.2 Å². The van der Waals surface area contributed by atoms with Crippen molar-refractivity contribution >= 4 is 0 Å². The van der Waals surface area contributed by atoms with Crippen LogP contribution >= 0.6 is 0 Å². The number of nitrogens with one attached hydrogen (secondary N) is 1. The second-order valence-corrected chi connectivity index (χ2v) is 5.57. The van der Waals surface area contributed by atoms with Crippen molar-refractivity contribution in [2.45, 2.75) is 38.3 Å². The molecule has 1 aliphatic rings. The summed E-state index contributed by atoms with van der Waals surface area (Å²) in [6, 6.07) is 5.70. The predicted molar refractivity (Wildman–Crippen MR) is 77.5 cm³/mol. The van der Waals surface area contributed by atoms with E-state index in [-0.39, 0.29) is 5.92 Å². The number of hydrogen-bond acceptors (Lipinski definition) is 2. The van der Waals surface area contributed by atoms with E-state index in [1.54, 1.807) is 6.07 Å². The molecule has 1 unspecified atom stereocenters. The van der Waals surface area contributed by atoms with Gasteiger partial charge in [0, 0.05) is 6.54 Å². The highest BCUT2D eigenvalue weighted by Crippen LogP contribution is 2.33. The minimum absolute atomic E-state index is 0.155. The van der Waals surface area contributed by atoms with Gasteiger partial charge in [0.1, 0.15) is 0 Å². The van der Waals surface area contributed by atoms with Crippen LogP contribution in [-0.2, 0) is 6.18 Å². The first-order valence-corrected chi connectivity index (χ1v) is 7.28. The molecule has 116 valence electrons. The summed E-state index contributed by atoms with van der Waals surface area (Å²) >= 11 is 0. The molecule has 0 aliphatic carbocycles. The summed E-state index contributed by atoms with van der Waals surface area (Å²) in [6.45, 7) is 2.84. The molecule has 0 amide bonds. The SMILES string of the molecule is CCC(CC[C@H]1C=C(N)NC1)c1cccc(C(F)(F)F)c1. The molecule has 0 spiro atoms. The first kappa shape index (κ1) is 15.7. The van der Waals surface area contributed by atoms with Gasteiger partial charge in [-0.1, -0.05) is 25.1 Å². The number of hydrogen-bond donors (Lipinski definition) is 2. The molecule has 2 rings (SSSR count). The lowest BCUT2D eigenvalue weighted by atomic mass is 9.88. The van der Waals surface area contributed by atoms with Gasteiger partial charge in [-0.3, -0.25) is 0 Å². The summed E-state index contributed by atoms with van der Waals surface area (Å²) in [4.78, 5) is 0.